The summed E-state index contributed by atoms with van der Waals surface area (Å²) in [5, 5.41) is 3.26. The predicted octanol–water partition coefficient (Wildman–Crippen LogP) is 4.19. The van der Waals surface area contributed by atoms with Gasteiger partial charge in [-0.1, -0.05) is 29.3 Å². The molecule has 2 aromatic rings. The number of rotatable bonds is 5. The number of nitrogens with one attached hydrogen (secondary N) is 1. The maximum Gasteiger partial charge on any atom is 0.339 e. The zero-order chi connectivity index (χ0) is 17.7. The van der Waals surface area contributed by atoms with E-state index in [0.717, 1.165) is 0 Å². The first-order valence-corrected chi connectivity index (χ1v) is 7.76. The molecule has 0 heterocycles. The molecule has 7 heteroatoms. The standard InChI is InChI=1S/C17H15Cl2NO4/c1-10(16(21)20-14-4-3-5-15(9-14)23-2)24-17(22)11-6-12(18)8-13(19)7-11/h3-10H,1-2H3,(H,20,21)/t10-/m0/s1. The minimum atomic E-state index is -0.999. The van der Waals surface area contributed by atoms with Crippen molar-refractivity contribution < 1.29 is 19.1 Å². The monoisotopic (exact) mass is 367 g/mol. The number of hydrogen-bond acceptors (Lipinski definition) is 4. The number of esters is 1. The molecule has 0 unspecified atom stereocenters. The second kappa shape index (κ2) is 8.04. The van der Waals surface area contributed by atoms with Crippen molar-refractivity contribution in [2.24, 2.45) is 0 Å². The normalized spacial score (nSPS) is 11.5. The Morgan fingerprint density at radius 3 is 2.38 bits per heavy atom. The van der Waals surface area contributed by atoms with Crippen LogP contribution in [0.15, 0.2) is 42.5 Å². The van der Waals surface area contributed by atoms with Crippen LogP contribution in [0.5, 0.6) is 5.75 Å². The van der Waals surface area contributed by atoms with E-state index in [0.29, 0.717) is 21.5 Å². The molecule has 0 saturated carbocycles. The summed E-state index contributed by atoms with van der Waals surface area (Å²) in [5.74, 6) is -0.552. The molecule has 0 aliphatic carbocycles. The van der Waals surface area contributed by atoms with Crippen LogP contribution in [0.2, 0.25) is 10.0 Å². The average molecular weight is 368 g/mol. The van der Waals surface area contributed by atoms with Gasteiger partial charge in [0.25, 0.3) is 5.91 Å². The number of benzene rings is 2. The molecule has 1 atom stereocenters. The number of hydrogen-bond donors (Lipinski definition) is 1. The second-order valence-corrected chi connectivity index (χ2v) is 5.80. The van der Waals surface area contributed by atoms with Crippen LogP contribution in [-0.2, 0) is 9.53 Å². The van der Waals surface area contributed by atoms with Crippen LogP contribution in [-0.4, -0.2) is 25.1 Å². The Labute approximate surface area is 149 Å². The molecule has 0 aromatic heterocycles. The molecule has 0 fully saturated rings. The summed E-state index contributed by atoms with van der Waals surface area (Å²) in [6.45, 7) is 1.47. The van der Waals surface area contributed by atoms with Crippen LogP contribution >= 0.6 is 23.2 Å². The summed E-state index contributed by atoms with van der Waals surface area (Å²) in [6, 6.07) is 11.2. The molecule has 1 N–H and O–H groups in total. The van der Waals surface area contributed by atoms with Crippen molar-refractivity contribution in [1.82, 2.24) is 0 Å². The van der Waals surface area contributed by atoms with Gasteiger partial charge < -0.3 is 14.8 Å². The van der Waals surface area contributed by atoms with Crippen molar-refractivity contribution in [3.05, 3.63) is 58.1 Å². The maximum atomic E-state index is 12.1. The molecule has 0 spiro atoms. The predicted molar refractivity (Wildman–Crippen MR) is 93.0 cm³/mol. The molecule has 24 heavy (non-hydrogen) atoms. The molecule has 0 aliphatic rings. The summed E-state index contributed by atoms with van der Waals surface area (Å²) >= 11 is 11.7. The van der Waals surface area contributed by atoms with Crippen molar-refractivity contribution in [3.8, 4) is 5.75 Å². The molecule has 2 rings (SSSR count). The van der Waals surface area contributed by atoms with E-state index in [2.05, 4.69) is 5.32 Å². The van der Waals surface area contributed by atoms with Gasteiger partial charge in [-0.25, -0.2) is 4.79 Å². The zero-order valence-electron chi connectivity index (χ0n) is 13.0. The Morgan fingerprint density at radius 2 is 1.75 bits per heavy atom. The van der Waals surface area contributed by atoms with Gasteiger partial charge in [-0.05, 0) is 37.3 Å². The van der Waals surface area contributed by atoms with E-state index in [1.807, 2.05) is 0 Å². The number of methoxy groups -OCH3 is 1. The summed E-state index contributed by atoms with van der Waals surface area (Å²) in [5.41, 5.74) is 0.710. The first kappa shape index (κ1) is 18.1. The lowest BCUT2D eigenvalue weighted by Crippen LogP contribution is -2.30. The summed E-state index contributed by atoms with van der Waals surface area (Å²) in [4.78, 5) is 24.2. The smallest absolute Gasteiger partial charge is 0.339 e. The fourth-order valence-corrected chi connectivity index (χ4v) is 2.42. The molecule has 1 amide bonds. The topological polar surface area (TPSA) is 64.6 Å². The highest BCUT2D eigenvalue weighted by Gasteiger charge is 2.19. The fraction of sp³-hybridized carbons (Fsp3) is 0.176. The van der Waals surface area contributed by atoms with Gasteiger partial charge in [0, 0.05) is 21.8 Å². The van der Waals surface area contributed by atoms with Crippen molar-refractivity contribution in [2.45, 2.75) is 13.0 Å². The Balaban J connectivity index is 2.01. The Hall–Kier alpha value is -2.24. The first-order chi connectivity index (χ1) is 11.4. The third-order valence-corrected chi connectivity index (χ3v) is 3.53. The van der Waals surface area contributed by atoms with E-state index >= 15 is 0 Å². The van der Waals surface area contributed by atoms with Crippen LogP contribution in [0.1, 0.15) is 17.3 Å². The lowest BCUT2D eigenvalue weighted by Gasteiger charge is -2.14. The van der Waals surface area contributed by atoms with E-state index in [-0.39, 0.29) is 5.56 Å². The third kappa shape index (κ3) is 4.88. The van der Waals surface area contributed by atoms with Gasteiger partial charge in [-0.15, -0.1) is 0 Å². The van der Waals surface area contributed by atoms with Gasteiger partial charge in [-0.2, -0.15) is 0 Å². The minimum absolute atomic E-state index is 0.175. The van der Waals surface area contributed by atoms with Crippen molar-refractivity contribution in [3.63, 3.8) is 0 Å². The molecular formula is C17H15Cl2NO4. The average Bonchev–Trinajstić information content (AvgIpc) is 2.54. The van der Waals surface area contributed by atoms with E-state index in [1.165, 1.54) is 32.2 Å². The third-order valence-electron chi connectivity index (χ3n) is 3.09. The van der Waals surface area contributed by atoms with Gasteiger partial charge in [0.1, 0.15) is 5.75 Å². The van der Waals surface area contributed by atoms with Crippen LogP contribution in [0.25, 0.3) is 0 Å². The van der Waals surface area contributed by atoms with Crippen LogP contribution in [0.4, 0.5) is 5.69 Å². The SMILES string of the molecule is COc1cccc(NC(=O)[C@H](C)OC(=O)c2cc(Cl)cc(Cl)c2)c1. The van der Waals surface area contributed by atoms with E-state index < -0.39 is 18.0 Å². The lowest BCUT2D eigenvalue weighted by molar-refractivity contribution is -0.123. The zero-order valence-corrected chi connectivity index (χ0v) is 14.5. The van der Waals surface area contributed by atoms with Gasteiger partial charge in [-0.3, -0.25) is 4.79 Å². The molecule has 0 saturated heterocycles. The number of ether oxygens (including phenoxy) is 2. The van der Waals surface area contributed by atoms with Gasteiger partial charge in [0.15, 0.2) is 6.10 Å². The molecular weight excluding hydrogens is 353 g/mol. The second-order valence-electron chi connectivity index (χ2n) is 4.93. The minimum Gasteiger partial charge on any atom is -0.497 e. The Kier molecular flexibility index (Phi) is 6.06. The van der Waals surface area contributed by atoms with Crippen LogP contribution in [0, 0.1) is 0 Å². The number of halogens is 2. The van der Waals surface area contributed by atoms with Gasteiger partial charge in [0.2, 0.25) is 0 Å². The highest BCUT2D eigenvalue weighted by Crippen LogP contribution is 2.20. The molecule has 0 aliphatic heterocycles. The largest absolute Gasteiger partial charge is 0.497 e. The molecule has 0 radical (unpaired) electrons. The number of amides is 1. The molecule has 5 nitrogen and oxygen atoms in total. The van der Waals surface area contributed by atoms with Crippen molar-refractivity contribution in [2.75, 3.05) is 12.4 Å². The Morgan fingerprint density at radius 1 is 1.08 bits per heavy atom. The molecule has 0 bridgehead atoms. The quantitative estimate of drug-likeness (QED) is 0.804. The van der Waals surface area contributed by atoms with E-state index in [9.17, 15) is 9.59 Å². The molecule has 126 valence electrons. The summed E-state index contributed by atoms with van der Waals surface area (Å²) in [6.07, 6.45) is -0.999. The summed E-state index contributed by atoms with van der Waals surface area (Å²) in [7, 11) is 1.53. The number of anilines is 1. The van der Waals surface area contributed by atoms with E-state index in [1.54, 1.807) is 24.3 Å². The fourth-order valence-electron chi connectivity index (χ4n) is 1.90. The van der Waals surface area contributed by atoms with Crippen molar-refractivity contribution in [1.29, 1.82) is 0 Å². The first-order valence-electron chi connectivity index (χ1n) is 7.01. The number of carbonyl (C=O) groups is 2. The van der Waals surface area contributed by atoms with Gasteiger partial charge in [0.05, 0.1) is 12.7 Å². The number of carbonyl (C=O) groups excluding carboxylic acids is 2. The van der Waals surface area contributed by atoms with Crippen LogP contribution < -0.4 is 10.1 Å². The van der Waals surface area contributed by atoms with E-state index in [4.69, 9.17) is 32.7 Å². The highest BCUT2D eigenvalue weighted by atomic mass is 35.5. The maximum absolute atomic E-state index is 12.1. The van der Waals surface area contributed by atoms with Gasteiger partial charge >= 0.3 is 5.97 Å². The molecule has 2 aromatic carbocycles. The lowest BCUT2D eigenvalue weighted by atomic mass is 10.2. The van der Waals surface area contributed by atoms with Crippen molar-refractivity contribution >= 4 is 40.8 Å². The Bertz CT molecular complexity index is 744. The highest BCUT2D eigenvalue weighted by molar-refractivity contribution is 6.35. The van der Waals surface area contributed by atoms with Crippen LogP contribution in [0.3, 0.4) is 0 Å². The summed E-state index contributed by atoms with van der Waals surface area (Å²) < 4.78 is 10.2.